The lowest BCUT2D eigenvalue weighted by Gasteiger charge is -2.29. The molecule has 1 rings (SSSR count). The van der Waals surface area contributed by atoms with Crippen LogP contribution in [0.4, 0.5) is 0 Å². The summed E-state index contributed by atoms with van der Waals surface area (Å²) >= 11 is 0. The lowest BCUT2D eigenvalue weighted by Crippen LogP contribution is -2.34. The summed E-state index contributed by atoms with van der Waals surface area (Å²) in [5.74, 6) is 1.06. The molecule has 0 N–H and O–H groups in total. The average Bonchev–Trinajstić information content (AvgIpc) is 2.37. The van der Waals surface area contributed by atoms with E-state index in [9.17, 15) is 0 Å². The van der Waals surface area contributed by atoms with Gasteiger partial charge in [-0.15, -0.1) is 0 Å². The van der Waals surface area contributed by atoms with Crippen molar-refractivity contribution in [2.24, 2.45) is 0 Å². The average molecular weight is 248 g/mol. The van der Waals surface area contributed by atoms with E-state index in [0.717, 1.165) is 5.76 Å². The monoisotopic (exact) mass is 248 g/mol. The van der Waals surface area contributed by atoms with Gasteiger partial charge >= 0.3 is 0 Å². The van der Waals surface area contributed by atoms with Crippen molar-refractivity contribution >= 4 is 14.4 Å². The molecule has 0 aromatic heterocycles. The zero-order valence-corrected chi connectivity index (χ0v) is 12.5. The van der Waals surface area contributed by atoms with E-state index in [0.29, 0.717) is 0 Å². The largest absolute Gasteiger partial charge is 0.547 e. The van der Waals surface area contributed by atoms with Gasteiger partial charge in [0.1, 0.15) is 0 Å². The second-order valence-corrected chi connectivity index (χ2v) is 9.20. The fourth-order valence-electron chi connectivity index (χ4n) is 2.12. The molecular formula is C15H24OSi. The minimum Gasteiger partial charge on any atom is -0.547 e. The lowest BCUT2D eigenvalue weighted by atomic mass is 10.2. The zero-order valence-electron chi connectivity index (χ0n) is 11.5. The van der Waals surface area contributed by atoms with Gasteiger partial charge in [-0.2, -0.15) is 0 Å². The van der Waals surface area contributed by atoms with Crippen molar-refractivity contribution in [3.8, 4) is 0 Å². The lowest BCUT2D eigenvalue weighted by molar-refractivity contribution is 0.411. The summed E-state index contributed by atoms with van der Waals surface area (Å²) in [6.07, 6.45) is 2.14. The molecule has 0 amide bonds. The Bertz CT molecular complexity index is 344. The van der Waals surface area contributed by atoms with E-state index in [1.54, 1.807) is 0 Å². The Morgan fingerprint density at radius 3 is 2.06 bits per heavy atom. The maximum Gasteiger partial charge on any atom is 0.250 e. The van der Waals surface area contributed by atoms with Crippen molar-refractivity contribution in [3.05, 3.63) is 41.7 Å². The fraction of sp³-hybridized carbons (Fsp3) is 0.467. The van der Waals surface area contributed by atoms with Gasteiger partial charge in [0.15, 0.2) is 0 Å². The first-order valence-corrected chi connectivity index (χ1v) is 9.11. The summed E-state index contributed by atoms with van der Waals surface area (Å²) in [6, 6.07) is 14.0. The third-order valence-electron chi connectivity index (χ3n) is 3.48. The Labute approximate surface area is 107 Å². The highest BCUT2D eigenvalue weighted by Gasteiger charge is 2.30. The fourth-order valence-corrected chi connectivity index (χ4v) is 4.80. The van der Waals surface area contributed by atoms with E-state index in [4.69, 9.17) is 4.43 Å². The molecule has 0 saturated carbocycles. The van der Waals surface area contributed by atoms with Crippen molar-refractivity contribution in [2.75, 3.05) is 0 Å². The van der Waals surface area contributed by atoms with Crippen LogP contribution in [0.5, 0.6) is 0 Å². The Balaban J connectivity index is 2.77. The van der Waals surface area contributed by atoms with E-state index in [-0.39, 0.29) is 0 Å². The third-order valence-corrected chi connectivity index (χ3v) is 8.10. The van der Waals surface area contributed by atoms with Crippen molar-refractivity contribution in [3.63, 3.8) is 0 Å². The minimum atomic E-state index is -1.50. The summed E-state index contributed by atoms with van der Waals surface area (Å²) in [6.45, 7) is 8.86. The molecule has 0 radical (unpaired) electrons. The van der Waals surface area contributed by atoms with Crippen LogP contribution in [0.1, 0.15) is 33.3 Å². The molecule has 0 unspecified atom stereocenters. The predicted octanol–water partition coefficient (Wildman–Crippen LogP) is 5.07. The molecule has 0 aliphatic rings. The van der Waals surface area contributed by atoms with Crippen molar-refractivity contribution in [1.29, 1.82) is 0 Å². The van der Waals surface area contributed by atoms with Crippen LogP contribution in [0.3, 0.4) is 0 Å². The van der Waals surface area contributed by atoms with Crippen LogP contribution in [-0.2, 0) is 4.43 Å². The molecule has 0 heterocycles. The molecule has 1 nitrogen and oxygen atoms in total. The van der Waals surface area contributed by atoms with E-state index >= 15 is 0 Å². The van der Waals surface area contributed by atoms with E-state index < -0.39 is 8.32 Å². The normalized spacial score (nSPS) is 12.6. The first kappa shape index (κ1) is 14.0. The molecule has 1 aromatic carbocycles. The maximum absolute atomic E-state index is 6.29. The van der Waals surface area contributed by atoms with Gasteiger partial charge in [0.25, 0.3) is 0 Å². The van der Waals surface area contributed by atoms with Crippen LogP contribution >= 0.6 is 0 Å². The quantitative estimate of drug-likeness (QED) is 0.504. The van der Waals surface area contributed by atoms with Gasteiger partial charge in [-0.1, -0.05) is 51.1 Å². The number of allylic oxidation sites excluding steroid dienone is 1. The molecule has 0 saturated heterocycles. The van der Waals surface area contributed by atoms with Crippen LogP contribution in [0.25, 0.3) is 6.08 Å². The topological polar surface area (TPSA) is 9.23 Å². The molecule has 0 aliphatic heterocycles. The number of hydrogen-bond acceptors (Lipinski definition) is 1. The first-order valence-electron chi connectivity index (χ1n) is 6.58. The highest BCUT2D eigenvalue weighted by Crippen LogP contribution is 2.25. The second kappa shape index (κ2) is 6.65. The van der Waals surface area contributed by atoms with Gasteiger partial charge in [-0.05, 0) is 36.7 Å². The summed E-state index contributed by atoms with van der Waals surface area (Å²) in [7, 11) is -1.50. The number of benzene rings is 1. The Hall–Kier alpha value is -1.02. The molecule has 0 atom stereocenters. The molecule has 17 heavy (non-hydrogen) atoms. The van der Waals surface area contributed by atoms with Crippen molar-refractivity contribution in [1.82, 2.24) is 0 Å². The van der Waals surface area contributed by atoms with E-state index in [1.165, 1.54) is 23.7 Å². The van der Waals surface area contributed by atoms with E-state index in [1.807, 2.05) is 6.07 Å². The van der Waals surface area contributed by atoms with E-state index in [2.05, 4.69) is 58.0 Å². The van der Waals surface area contributed by atoms with Crippen molar-refractivity contribution < 1.29 is 4.43 Å². The van der Waals surface area contributed by atoms with Crippen LogP contribution in [0, 0.1) is 0 Å². The molecule has 2 heteroatoms. The van der Waals surface area contributed by atoms with Gasteiger partial charge in [-0.25, -0.2) is 0 Å². The molecule has 0 aliphatic carbocycles. The highest BCUT2D eigenvalue weighted by molar-refractivity contribution is 6.73. The molecule has 0 spiro atoms. The molecule has 0 fully saturated rings. The van der Waals surface area contributed by atoms with Crippen LogP contribution in [0.2, 0.25) is 18.1 Å². The van der Waals surface area contributed by atoms with Gasteiger partial charge in [0, 0.05) is 0 Å². The molecule has 1 aromatic rings. The summed E-state index contributed by atoms with van der Waals surface area (Å²) in [4.78, 5) is 0. The van der Waals surface area contributed by atoms with Crippen LogP contribution in [0.15, 0.2) is 36.1 Å². The summed E-state index contributed by atoms with van der Waals surface area (Å²) in [5.41, 5.74) is 1.22. The molecular weight excluding hydrogens is 224 g/mol. The van der Waals surface area contributed by atoms with Crippen LogP contribution < -0.4 is 0 Å². The summed E-state index contributed by atoms with van der Waals surface area (Å²) in [5, 5.41) is 0. The van der Waals surface area contributed by atoms with Crippen molar-refractivity contribution in [2.45, 2.75) is 45.8 Å². The maximum atomic E-state index is 6.29. The van der Waals surface area contributed by atoms with Gasteiger partial charge in [0.2, 0.25) is 8.32 Å². The van der Waals surface area contributed by atoms with Gasteiger partial charge in [0.05, 0.1) is 5.76 Å². The predicted molar refractivity (Wildman–Crippen MR) is 78.4 cm³/mol. The first-order chi connectivity index (χ1) is 8.15. The highest BCUT2D eigenvalue weighted by atomic mass is 28.4. The third kappa shape index (κ3) is 4.04. The molecule has 0 bridgehead atoms. The zero-order chi connectivity index (χ0) is 12.7. The Morgan fingerprint density at radius 2 is 1.59 bits per heavy atom. The summed E-state index contributed by atoms with van der Waals surface area (Å²) < 4.78 is 6.29. The van der Waals surface area contributed by atoms with Crippen LogP contribution in [-0.4, -0.2) is 8.32 Å². The molecule has 94 valence electrons. The second-order valence-electron chi connectivity index (χ2n) is 4.51. The van der Waals surface area contributed by atoms with Gasteiger partial charge < -0.3 is 4.43 Å². The van der Waals surface area contributed by atoms with Gasteiger partial charge in [-0.3, -0.25) is 0 Å². The Morgan fingerprint density at radius 1 is 1.06 bits per heavy atom. The smallest absolute Gasteiger partial charge is 0.250 e. The SMILES string of the molecule is CC[Si](CC)(CC)O/C(C)=C\c1ccccc1. The number of hydrogen-bond donors (Lipinski definition) is 0. The number of rotatable bonds is 6. The standard InChI is InChI=1S/C15H24OSi/c1-5-17(6-2,7-3)16-14(4)13-15-11-9-8-10-12-15/h8-13H,5-7H2,1-4H3/b14-13-. The Kier molecular flexibility index (Phi) is 5.49. The minimum absolute atomic E-state index is 1.06.